The summed E-state index contributed by atoms with van der Waals surface area (Å²) in [5.74, 6) is -0.212. The van der Waals surface area contributed by atoms with Gasteiger partial charge in [-0.3, -0.25) is 4.79 Å². The molecule has 1 rings (SSSR count). The first kappa shape index (κ1) is 12.5. The first-order valence-electron chi connectivity index (χ1n) is 5.49. The third-order valence-corrected chi connectivity index (χ3v) is 2.38. The van der Waals surface area contributed by atoms with E-state index in [1.807, 2.05) is 13.8 Å². The van der Waals surface area contributed by atoms with Gasteiger partial charge < -0.3 is 11.1 Å². The highest BCUT2D eigenvalue weighted by Crippen LogP contribution is 2.13. The minimum Gasteiger partial charge on any atom is -0.397 e. The van der Waals surface area contributed by atoms with E-state index in [2.05, 4.69) is 17.2 Å². The van der Waals surface area contributed by atoms with Crippen LogP contribution in [0.4, 0.5) is 5.69 Å². The van der Waals surface area contributed by atoms with Crippen molar-refractivity contribution >= 4 is 11.6 Å². The fraction of sp³-hybridized carbons (Fsp3) is 0.500. The number of nitrogens with two attached hydrogens (primary N) is 1. The molecule has 1 heterocycles. The van der Waals surface area contributed by atoms with E-state index in [9.17, 15) is 4.79 Å². The molecule has 16 heavy (non-hydrogen) atoms. The van der Waals surface area contributed by atoms with Crippen LogP contribution < -0.4 is 11.1 Å². The Bertz CT molecular complexity index is 374. The normalized spacial score (nSPS) is 11.2. The van der Waals surface area contributed by atoms with Crippen LogP contribution >= 0.6 is 0 Å². The lowest BCUT2D eigenvalue weighted by Crippen LogP contribution is -2.43. The van der Waals surface area contributed by atoms with Crippen LogP contribution in [0.15, 0.2) is 18.3 Å². The largest absolute Gasteiger partial charge is 0.397 e. The number of nitrogen functional groups attached to an aromatic ring is 1. The summed E-state index contributed by atoms with van der Waals surface area (Å²) in [4.78, 5) is 15.9. The van der Waals surface area contributed by atoms with Crippen LogP contribution in [0.2, 0.25) is 0 Å². The van der Waals surface area contributed by atoms with E-state index in [0.29, 0.717) is 11.4 Å². The molecule has 0 saturated carbocycles. The van der Waals surface area contributed by atoms with E-state index < -0.39 is 0 Å². The lowest BCUT2D eigenvalue weighted by atomic mass is 9.98. The second kappa shape index (κ2) is 4.96. The van der Waals surface area contributed by atoms with Gasteiger partial charge in [-0.25, -0.2) is 4.98 Å². The van der Waals surface area contributed by atoms with Crippen LogP contribution in [0.5, 0.6) is 0 Å². The molecule has 88 valence electrons. The molecule has 0 unspecified atom stereocenters. The smallest absolute Gasteiger partial charge is 0.272 e. The Morgan fingerprint density at radius 3 is 2.81 bits per heavy atom. The molecule has 0 aromatic carbocycles. The fourth-order valence-corrected chi connectivity index (χ4v) is 1.66. The summed E-state index contributed by atoms with van der Waals surface area (Å²) in [6.07, 6.45) is 3.51. The van der Waals surface area contributed by atoms with Crippen molar-refractivity contribution in [2.45, 2.75) is 39.2 Å². The summed E-state index contributed by atoms with van der Waals surface area (Å²) >= 11 is 0. The van der Waals surface area contributed by atoms with Crippen molar-refractivity contribution in [1.82, 2.24) is 10.3 Å². The van der Waals surface area contributed by atoms with Gasteiger partial charge in [0.25, 0.3) is 5.91 Å². The van der Waals surface area contributed by atoms with E-state index in [4.69, 9.17) is 5.73 Å². The Balaban J connectivity index is 2.77. The van der Waals surface area contributed by atoms with Crippen LogP contribution in [0.25, 0.3) is 0 Å². The molecule has 0 radical (unpaired) electrons. The third kappa shape index (κ3) is 3.22. The standard InChI is InChI=1S/C12H19N3O/c1-4-7-12(2,3)15-11(16)10-9(13)6-5-8-14-10/h5-6,8H,4,7,13H2,1-3H3,(H,15,16). The molecule has 1 aromatic heterocycles. The summed E-state index contributed by atoms with van der Waals surface area (Å²) in [7, 11) is 0. The predicted molar refractivity (Wildman–Crippen MR) is 65.1 cm³/mol. The lowest BCUT2D eigenvalue weighted by molar-refractivity contribution is 0.0905. The number of hydrogen-bond donors (Lipinski definition) is 2. The number of aromatic nitrogens is 1. The van der Waals surface area contributed by atoms with E-state index in [0.717, 1.165) is 12.8 Å². The second-order valence-electron chi connectivity index (χ2n) is 4.53. The number of carbonyl (C=O) groups excluding carboxylic acids is 1. The number of nitrogens with zero attached hydrogens (tertiary/aromatic N) is 1. The molecule has 0 atom stereocenters. The zero-order valence-electron chi connectivity index (χ0n) is 10.1. The molecule has 4 nitrogen and oxygen atoms in total. The van der Waals surface area contributed by atoms with Crippen molar-refractivity contribution in [3.63, 3.8) is 0 Å². The van der Waals surface area contributed by atoms with Gasteiger partial charge in [-0.05, 0) is 32.4 Å². The lowest BCUT2D eigenvalue weighted by Gasteiger charge is -2.25. The zero-order chi connectivity index (χ0) is 12.2. The molecule has 0 fully saturated rings. The summed E-state index contributed by atoms with van der Waals surface area (Å²) in [5.41, 5.74) is 6.17. The molecule has 0 saturated heterocycles. The van der Waals surface area contributed by atoms with Gasteiger partial charge in [0.05, 0.1) is 5.69 Å². The summed E-state index contributed by atoms with van der Waals surface area (Å²) in [5, 5.41) is 2.93. The number of pyridine rings is 1. The number of amides is 1. The van der Waals surface area contributed by atoms with Crippen molar-refractivity contribution in [3.05, 3.63) is 24.0 Å². The van der Waals surface area contributed by atoms with E-state index in [-0.39, 0.29) is 11.4 Å². The highest BCUT2D eigenvalue weighted by atomic mass is 16.2. The average molecular weight is 221 g/mol. The monoisotopic (exact) mass is 221 g/mol. The van der Waals surface area contributed by atoms with Gasteiger partial charge in [-0.2, -0.15) is 0 Å². The first-order chi connectivity index (χ1) is 7.46. The Hall–Kier alpha value is -1.58. The SMILES string of the molecule is CCCC(C)(C)NC(=O)c1ncccc1N. The Morgan fingerprint density at radius 2 is 2.25 bits per heavy atom. The number of rotatable bonds is 4. The Morgan fingerprint density at radius 1 is 1.56 bits per heavy atom. The summed E-state index contributed by atoms with van der Waals surface area (Å²) < 4.78 is 0. The minimum absolute atomic E-state index is 0.212. The van der Waals surface area contributed by atoms with Crippen LogP contribution in [0.3, 0.4) is 0 Å². The minimum atomic E-state index is -0.226. The van der Waals surface area contributed by atoms with Gasteiger partial charge in [0, 0.05) is 11.7 Å². The second-order valence-corrected chi connectivity index (χ2v) is 4.53. The molecular formula is C12H19N3O. The summed E-state index contributed by atoms with van der Waals surface area (Å²) in [6, 6.07) is 3.39. The predicted octanol–water partition coefficient (Wildman–Crippen LogP) is 1.97. The van der Waals surface area contributed by atoms with Gasteiger partial charge in [0.1, 0.15) is 0 Å². The van der Waals surface area contributed by atoms with E-state index in [1.165, 1.54) is 0 Å². The molecule has 0 aliphatic rings. The molecule has 0 aliphatic heterocycles. The molecule has 4 heteroatoms. The fourth-order valence-electron chi connectivity index (χ4n) is 1.66. The van der Waals surface area contributed by atoms with E-state index >= 15 is 0 Å². The van der Waals surface area contributed by atoms with Crippen LogP contribution in [0.1, 0.15) is 44.1 Å². The molecular weight excluding hydrogens is 202 g/mol. The van der Waals surface area contributed by atoms with Crippen LogP contribution in [-0.4, -0.2) is 16.4 Å². The van der Waals surface area contributed by atoms with Gasteiger partial charge in [0.2, 0.25) is 0 Å². The van der Waals surface area contributed by atoms with Crippen molar-refractivity contribution in [2.75, 3.05) is 5.73 Å². The third-order valence-electron chi connectivity index (χ3n) is 2.38. The maximum atomic E-state index is 11.9. The molecule has 0 spiro atoms. The number of hydrogen-bond acceptors (Lipinski definition) is 3. The molecule has 1 aromatic rings. The molecule has 3 N–H and O–H groups in total. The Labute approximate surface area is 96.3 Å². The van der Waals surface area contributed by atoms with Gasteiger partial charge in [-0.15, -0.1) is 0 Å². The summed E-state index contributed by atoms with van der Waals surface area (Å²) in [6.45, 7) is 6.07. The zero-order valence-corrected chi connectivity index (χ0v) is 10.1. The van der Waals surface area contributed by atoms with Crippen LogP contribution in [0, 0.1) is 0 Å². The van der Waals surface area contributed by atoms with Crippen molar-refractivity contribution in [3.8, 4) is 0 Å². The number of nitrogens with one attached hydrogen (secondary N) is 1. The Kier molecular flexibility index (Phi) is 3.88. The van der Waals surface area contributed by atoms with Crippen molar-refractivity contribution < 1.29 is 4.79 Å². The van der Waals surface area contributed by atoms with Crippen LogP contribution in [-0.2, 0) is 0 Å². The molecule has 0 aliphatic carbocycles. The van der Waals surface area contributed by atoms with Crippen molar-refractivity contribution in [1.29, 1.82) is 0 Å². The topological polar surface area (TPSA) is 68.0 Å². The maximum absolute atomic E-state index is 11.9. The molecule has 1 amide bonds. The highest BCUT2D eigenvalue weighted by Gasteiger charge is 2.21. The van der Waals surface area contributed by atoms with E-state index in [1.54, 1.807) is 18.3 Å². The van der Waals surface area contributed by atoms with Gasteiger partial charge in [-0.1, -0.05) is 13.3 Å². The number of carbonyl (C=O) groups is 1. The quantitative estimate of drug-likeness (QED) is 0.816. The number of anilines is 1. The highest BCUT2D eigenvalue weighted by molar-refractivity contribution is 5.97. The average Bonchev–Trinajstić information content (AvgIpc) is 2.17. The van der Waals surface area contributed by atoms with Gasteiger partial charge in [0.15, 0.2) is 5.69 Å². The van der Waals surface area contributed by atoms with Gasteiger partial charge >= 0.3 is 0 Å². The van der Waals surface area contributed by atoms with Crippen molar-refractivity contribution in [2.24, 2.45) is 0 Å². The maximum Gasteiger partial charge on any atom is 0.272 e. The molecule has 0 bridgehead atoms. The first-order valence-corrected chi connectivity index (χ1v) is 5.49.